The standard InChI is InChI=1S/C15H14BrNO2/c16-12-5-1-10(2-6-12)9-14(15(18)19)11-3-7-13(17)8-4-11/h1-8,14H,9,17H2,(H,18,19)/t14-/m0/s1. The molecule has 0 aliphatic rings. The van der Waals surface area contributed by atoms with Crippen molar-refractivity contribution in [2.75, 3.05) is 5.73 Å². The van der Waals surface area contributed by atoms with E-state index in [4.69, 9.17) is 5.73 Å². The molecule has 2 aromatic carbocycles. The molecule has 2 rings (SSSR count). The summed E-state index contributed by atoms with van der Waals surface area (Å²) in [6.07, 6.45) is 0.465. The van der Waals surface area contributed by atoms with Crippen molar-refractivity contribution in [2.45, 2.75) is 12.3 Å². The number of carbonyl (C=O) groups is 1. The molecular formula is C15H14BrNO2. The van der Waals surface area contributed by atoms with E-state index >= 15 is 0 Å². The predicted molar refractivity (Wildman–Crippen MR) is 79.1 cm³/mol. The van der Waals surface area contributed by atoms with Crippen molar-refractivity contribution in [3.8, 4) is 0 Å². The summed E-state index contributed by atoms with van der Waals surface area (Å²) in [7, 11) is 0. The first-order valence-electron chi connectivity index (χ1n) is 5.89. The van der Waals surface area contributed by atoms with E-state index in [1.165, 1.54) is 0 Å². The Morgan fingerprint density at radius 3 is 2.21 bits per heavy atom. The summed E-state index contributed by atoms with van der Waals surface area (Å²) in [4.78, 5) is 11.4. The number of nitrogen functional groups attached to an aromatic ring is 1. The fourth-order valence-corrected chi connectivity index (χ4v) is 2.20. The van der Waals surface area contributed by atoms with Crippen LogP contribution in [0.3, 0.4) is 0 Å². The minimum Gasteiger partial charge on any atom is -0.481 e. The second-order valence-corrected chi connectivity index (χ2v) is 5.30. The van der Waals surface area contributed by atoms with Crippen LogP contribution in [0.5, 0.6) is 0 Å². The van der Waals surface area contributed by atoms with Crippen LogP contribution in [0.15, 0.2) is 53.0 Å². The Bertz CT molecular complexity index is 564. The normalized spacial score (nSPS) is 12.1. The molecule has 0 amide bonds. The van der Waals surface area contributed by atoms with Gasteiger partial charge in [-0.2, -0.15) is 0 Å². The number of rotatable bonds is 4. The molecule has 0 aromatic heterocycles. The van der Waals surface area contributed by atoms with Gasteiger partial charge in [-0.3, -0.25) is 4.79 Å². The van der Waals surface area contributed by atoms with Gasteiger partial charge in [0.15, 0.2) is 0 Å². The Hall–Kier alpha value is -1.81. The summed E-state index contributed by atoms with van der Waals surface area (Å²) in [5.74, 6) is -1.38. The summed E-state index contributed by atoms with van der Waals surface area (Å²) < 4.78 is 0.982. The van der Waals surface area contributed by atoms with Gasteiger partial charge in [-0.25, -0.2) is 0 Å². The molecule has 0 bridgehead atoms. The minimum atomic E-state index is -0.826. The van der Waals surface area contributed by atoms with Crippen LogP contribution in [-0.4, -0.2) is 11.1 Å². The maximum atomic E-state index is 11.4. The van der Waals surface area contributed by atoms with E-state index in [-0.39, 0.29) is 0 Å². The topological polar surface area (TPSA) is 63.3 Å². The first-order valence-corrected chi connectivity index (χ1v) is 6.68. The Balaban J connectivity index is 2.23. The highest BCUT2D eigenvalue weighted by Crippen LogP contribution is 2.23. The Morgan fingerprint density at radius 1 is 1.11 bits per heavy atom. The van der Waals surface area contributed by atoms with Gasteiger partial charge in [-0.1, -0.05) is 40.2 Å². The molecule has 0 unspecified atom stereocenters. The number of carboxylic acid groups (broad SMARTS) is 1. The third-order valence-electron chi connectivity index (χ3n) is 2.99. The van der Waals surface area contributed by atoms with E-state index in [0.29, 0.717) is 12.1 Å². The van der Waals surface area contributed by atoms with Gasteiger partial charge in [0, 0.05) is 10.2 Å². The largest absolute Gasteiger partial charge is 0.481 e. The molecule has 0 fully saturated rings. The zero-order valence-corrected chi connectivity index (χ0v) is 11.8. The first kappa shape index (κ1) is 13.6. The fourth-order valence-electron chi connectivity index (χ4n) is 1.93. The van der Waals surface area contributed by atoms with Gasteiger partial charge in [0.1, 0.15) is 0 Å². The summed E-state index contributed by atoms with van der Waals surface area (Å²) in [6, 6.07) is 14.7. The third-order valence-corrected chi connectivity index (χ3v) is 3.52. The zero-order chi connectivity index (χ0) is 13.8. The monoisotopic (exact) mass is 319 g/mol. The number of benzene rings is 2. The van der Waals surface area contributed by atoms with Crippen molar-refractivity contribution in [1.82, 2.24) is 0 Å². The Morgan fingerprint density at radius 2 is 1.68 bits per heavy atom. The molecule has 98 valence electrons. The van der Waals surface area contributed by atoms with Crippen LogP contribution >= 0.6 is 15.9 Å². The van der Waals surface area contributed by atoms with Crippen molar-refractivity contribution in [2.24, 2.45) is 0 Å². The van der Waals surface area contributed by atoms with Crippen molar-refractivity contribution in [1.29, 1.82) is 0 Å². The van der Waals surface area contributed by atoms with Crippen LogP contribution in [0.25, 0.3) is 0 Å². The van der Waals surface area contributed by atoms with Gasteiger partial charge >= 0.3 is 5.97 Å². The lowest BCUT2D eigenvalue weighted by Crippen LogP contribution is -2.14. The molecule has 1 atom stereocenters. The number of nitrogens with two attached hydrogens (primary N) is 1. The quantitative estimate of drug-likeness (QED) is 0.848. The van der Waals surface area contributed by atoms with Crippen LogP contribution in [0.4, 0.5) is 5.69 Å². The highest BCUT2D eigenvalue weighted by molar-refractivity contribution is 9.10. The molecule has 0 heterocycles. The molecule has 0 radical (unpaired) electrons. The van der Waals surface area contributed by atoms with Gasteiger partial charge < -0.3 is 10.8 Å². The van der Waals surface area contributed by atoms with Gasteiger partial charge in [0.25, 0.3) is 0 Å². The lowest BCUT2D eigenvalue weighted by atomic mass is 9.92. The third kappa shape index (κ3) is 3.58. The molecule has 0 saturated carbocycles. The molecule has 4 heteroatoms. The van der Waals surface area contributed by atoms with E-state index in [1.807, 2.05) is 24.3 Å². The van der Waals surface area contributed by atoms with Crippen molar-refractivity contribution < 1.29 is 9.90 Å². The number of hydrogen-bond donors (Lipinski definition) is 2. The lowest BCUT2D eigenvalue weighted by molar-refractivity contribution is -0.138. The van der Waals surface area contributed by atoms with Gasteiger partial charge in [-0.05, 0) is 41.8 Å². The van der Waals surface area contributed by atoms with Crippen molar-refractivity contribution in [3.63, 3.8) is 0 Å². The molecule has 0 spiro atoms. The summed E-state index contributed by atoms with van der Waals surface area (Å²) in [6.45, 7) is 0. The number of aliphatic carboxylic acids is 1. The van der Waals surface area contributed by atoms with E-state index in [2.05, 4.69) is 15.9 Å². The van der Waals surface area contributed by atoms with Crippen LogP contribution in [0.1, 0.15) is 17.0 Å². The van der Waals surface area contributed by atoms with Crippen LogP contribution in [0.2, 0.25) is 0 Å². The second kappa shape index (κ2) is 5.89. The molecule has 0 aliphatic carbocycles. The first-order chi connectivity index (χ1) is 9.06. The number of hydrogen-bond acceptors (Lipinski definition) is 2. The summed E-state index contributed by atoms with van der Waals surface area (Å²) in [5, 5.41) is 9.37. The van der Waals surface area contributed by atoms with Gasteiger partial charge in [-0.15, -0.1) is 0 Å². The van der Waals surface area contributed by atoms with Crippen LogP contribution < -0.4 is 5.73 Å². The predicted octanol–water partition coefficient (Wildman–Crippen LogP) is 3.44. The molecule has 3 N–H and O–H groups in total. The molecule has 0 saturated heterocycles. The van der Waals surface area contributed by atoms with Crippen LogP contribution in [-0.2, 0) is 11.2 Å². The average Bonchev–Trinajstić information content (AvgIpc) is 2.39. The summed E-state index contributed by atoms with van der Waals surface area (Å²) >= 11 is 3.36. The van der Waals surface area contributed by atoms with E-state index in [1.54, 1.807) is 24.3 Å². The number of anilines is 1. The van der Waals surface area contributed by atoms with E-state index in [0.717, 1.165) is 15.6 Å². The maximum Gasteiger partial charge on any atom is 0.311 e. The van der Waals surface area contributed by atoms with Gasteiger partial charge in [0.2, 0.25) is 0 Å². The molecule has 0 aliphatic heterocycles. The van der Waals surface area contributed by atoms with Gasteiger partial charge in [0.05, 0.1) is 5.92 Å². The molecule has 3 nitrogen and oxygen atoms in total. The number of carboxylic acids is 1. The Labute approximate surface area is 120 Å². The van der Waals surface area contributed by atoms with Crippen molar-refractivity contribution >= 4 is 27.6 Å². The molecule has 2 aromatic rings. The SMILES string of the molecule is Nc1ccc([C@H](Cc2ccc(Br)cc2)C(=O)O)cc1. The fraction of sp³-hybridized carbons (Fsp3) is 0.133. The van der Waals surface area contributed by atoms with E-state index < -0.39 is 11.9 Å². The smallest absolute Gasteiger partial charge is 0.311 e. The van der Waals surface area contributed by atoms with E-state index in [9.17, 15) is 9.90 Å². The van der Waals surface area contributed by atoms with Crippen LogP contribution in [0, 0.1) is 0 Å². The molecule has 19 heavy (non-hydrogen) atoms. The van der Waals surface area contributed by atoms with Crippen molar-refractivity contribution in [3.05, 3.63) is 64.1 Å². The maximum absolute atomic E-state index is 11.4. The highest BCUT2D eigenvalue weighted by atomic mass is 79.9. The highest BCUT2D eigenvalue weighted by Gasteiger charge is 2.20. The minimum absolute atomic E-state index is 0.465. The zero-order valence-electron chi connectivity index (χ0n) is 10.2. The Kier molecular flexibility index (Phi) is 4.22. The number of halogens is 1. The molecular weight excluding hydrogens is 306 g/mol. The summed E-state index contributed by atoms with van der Waals surface area (Å²) in [5.41, 5.74) is 8.02. The lowest BCUT2D eigenvalue weighted by Gasteiger charge is -2.13. The second-order valence-electron chi connectivity index (χ2n) is 4.39. The average molecular weight is 320 g/mol.